The fourth-order valence-corrected chi connectivity index (χ4v) is 5.56. The number of nitro groups is 1. The van der Waals surface area contributed by atoms with Crippen LogP contribution < -0.4 is 0 Å². The van der Waals surface area contributed by atoms with E-state index in [-0.39, 0.29) is 28.2 Å². The first-order chi connectivity index (χ1) is 17.3. The fraction of sp³-hybridized carbons (Fsp3) is 0.185. The van der Waals surface area contributed by atoms with E-state index >= 15 is 0 Å². The number of halogens is 3. The highest BCUT2D eigenvalue weighted by molar-refractivity contribution is 9.10. The second-order valence-corrected chi connectivity index (χ2v) is 11.0. The molecule has 6 nitrogen and oxygen atoms in total. The Labute approximate surface area is 230 Å². The first-order valence-electron chi connectivity index (χ1n) is 11.4. The van der Waals surface area contributed by atoms with E-state index in [0.29, 0.717) is 0 Å². The molecule has 0 spiro atoms. The molecule has 9 heteroatoms. The normalized spacial score (nSPS) is 20.2. The van der Waals surface area contributed by atoms with Gasteiger partial charge in [-0.1, -0.05) is 67.7 Å². The number of benzene rings is 3. The van der Waals surface area contributed by atoms with Gasteiger partial charge in [0.15, 0.2) is 0 Å². The van der Waals surface area contributed by atoms with Crippen molar-refractivity contribution < 1.29 is 9.72 Å². The molecule has 5 rings (SSSR count). The molecular weight excluding hydrogens is 610 g/mol. The van der Waals surface area contributed by atoms with Crippen LogP contribution in [0.3, 0.4) is 0 Å². The van der Waals surface area contributed by atoms with Crippen molar-refractivity contribution in [2.45, 2.75) is 25.3 Å². The molecule has 182 valence electrons. The van der Waals surface area contributed by atoms with Crippen molar-refractivity contribution in [1.82, 2.24) is 5.01 Å². The number of hydrogen-bond acceptors (Lipinski definition) is 4. The molecular formula is C27H20Br2ClN3O3. The summed E-state index contributed by atoms with van der Waals surface area (Å²) in [7, 11) is 0. The predicted molar refractivity (Wildman–Crippen MR) is 148 cm³/mol. The molecule has 0 radical (unpaired) electrons. The summed E-state index contributed by atoms with van der Waals surface area (Å²) in [5.74, 6) is -0.454. The molecule has 2 atom stereocenters. The lowest BCUT2D eigenvalue weighted by molar-refractivity contribution is -0.384. The molecule has 1 fully saturated rings. The molecule has 0 aromatic heterocycles. The smallest absolute Gasteiger partial charge is 0.267 e. The van der Waals surface area contributed by atoms with E-state index in [1.807, 2.05) is 48.5 Å². The van der Waals surface area contributed by atoms with Crippen LogP contribution in [0.5, 0.6) is 0 Å². The molecule has 2 unspecified atom stereocenters. The van der Waals surface area contributed by atoms with Crippen molar-refractivity contribution in [3.05, 3.63) is 113 Å². The topological polar surface area (TPSA) is 75.8 Å². The van der Waals surface area contributed by atoms with Crippen LogP contribution in [-0.2, 0) is 0 Å². The number of allylic oxidation sites excluding steroid dienone is 1. The number of non-ortho nitro benzene ring substituents is 1. The van der Waals surface area contributed by atoms with Gasteiger partial charge < -0.3 is 0 Å². The van der Waals surface area contributed by atoms with Gasteiger partial charge in [-0.25, -0.2) is 5.01 Å². The summed E-state index contributed by atoms with van der Waals surface area (Å²) in [6, 6.07) is 19.5. The quantitative estimate of drug-likeness (QED) is 0.216. The van der Waals surface area contributed by atoms with Crippen molar-refractivity contribution in [3.63, 3.8) is 0 Å². The van der Waals surface area contributed by atoms with E-state index in [0.717, 1.165) is 50.6 Å². The third kappa shape index (κ3) is 4.90. The first-order valence-corrected chi connectivity index (χ1v) is 13.4. The molecule has 3 aromatic rings. The van der Waals surface area contributed by atoms with Crippen molar-refractivity contribution >= 4 is 66.8 Å². The highest BCUT2D eigenvalue weighted by atomic mass is 79.9. The number of hydrazone groups is 1. The van der Waals surface area contributed by atoms with Crippen molar-refractivity contribution in [2.24, 2.45) is 11.0 Å². The third-order valence-electron chi connectivity index (χ3n) is 6.52. The van der Waals surface area contributed by atoms with E-state index in [9.17, 15) is 14.9 Å². The van der Waals surface area contributed by atoms with Gasteiger partial charge in [-0.3, -0.25) is 14.9 Å². The van der Waals surface area contributed by atoms with E-state index in [1.54, 1.807) is 0 Å². The summed E-state index contributed by atoms with van der Waals surface area (Å²) in [6.45, 7) is 0. The number of rotatable bonds is 4. The minimum absolute atomic E-state index is 0.00282. The third-order valence-corrected chi connectivity index (χ3v) is 7.91. The Balaban J connectivity index is 1.60. The molecule has 2 aliphatic rings. The lowest BCUT2D eigenvalue weighted by Gasteiger charge is -2.29. The van der Waals surface area contributed by atoms with Gasteiger partial charge in [-0.15, -0.1) is 0 Å². The Kier molecular flexibility index (Phi) is 7.10. The maximum atomic E-state index is 13.8. The number of amides is 1. The van der Waals surface area contributed by atoms with E-state index < -0.39 is 10.8 Å². The first kappa shape index (κ1) is 24.9. The molecule has 1 aliphatic heterocycles. The van der Waals surface area contributed by atoms with Gasteiger partial charge in [0, 0.05) is 27.0 Å². The average Bonchev–Trinajstić information content (AvgIpc) is 3.26. The van der Waals surface area contributed by atoms with Gasteiger partial charge in [0.1, 0.15) is 0 Å². The fourth-order valence-electron chi connectivity index (χ4n) is 4.84. The second kappa shape index (κ2) is 10.3. The largest absolute Gasteiger partial charge is 0.276 e. The highest BCUT2D eigenvalue weighted by Crippen LogP contribution is 2.45. The summed E-state index contributed by atoms with van der Waals surface area (Å²) >= 11 is 13.3. The Morgan fingerprint density at radius 1 is 1.06 bits per heavy atom. The zero-order valence-electron chi connectivity index (χ0n) is 18.9. The van der Waals surface area contributed by atoms with Gasteiger partial charge in [-0.05, 0) is 72.4 Å². The lowest BCUT2D eigenvalue weighted by atomic mass is 9.77. The van der Waals surface area contributed by atoms with Crippen LogP contribution in [0.1, 0.15) is 46.8 Å². The Morgan fingerprint density at radius 2 is 1.72 bits per heavy atom. The average molecular weight is 630 g/mol. The molecule has 1 heterocycles. The maximum absolute atomic E-state index is 13.8. The van der Waals surface area contributed by atoms with Crippen LogP contribution in [0, 0.1) is 16.0 Å². The number of nitro benzene ring substituents is 1. The van der Waals surface area contributed by atoms with E-state index in [2.05, 4.69) is 37.9 Å². The Bertz CT molecular complexity index is 1400. The van der Waals surface area contributed by atoms with Gasteiger partial charge in [0.25, 0.3) is 11.6 Å². The van der Waals surface area contributed by atoms with Crippen LogP contribution >= 0.6 is 43.5 Å². The van der Waals surface area contributed by atoms with E-state index in [1.165, 1.54) is 23.2 Å². The number of nitrogens with zero attached hydrogens (tertiary/aromatic N) is 3. The van der Waals surface area contributed by atoms with Gasteiger partial charge in [0.05, 0.1) is 27.3 Å². The monoisotopic (exact) mass is 627 g/mol. The Hall–Kier alpha value is -2.81. The predicted octanol–water partition coefficient (Wildman–Crippen LogP) is 8.21. The van der Waals surface area contributed by atoms with Crippen molar-refractivity contribution in [2.75, 3.05) is 0 Å². The molecule has 0 bridgehead atoms. The van der Waals surface area contributed by atoms with Crippen LogP contribution in [0.4, 0.5) is 5.69 Å². The number of hydrogen-bond donors (Lipinski definition) is 0. The molecule has 36 heavy (non-hydrogen) atoms. The summed E-state index contributed by atoms with van der Waals surface area (Å²) in [5, 5.41) is 17.8. The molecule has 3 aromatic carbocycles. The molecule has 1 amide bonds. The minimum atomic E-state index is -0.534. The summed E-state index contributed by atoms with van der Waals surface area (Å²) in [6.07, 6.45) is 4.84. The lowest BCUT2D eigenvalue weighted by Crippen LogP contribution is -2.32. The van der Waals surface area contributed by atoms with Crippen LogP contribution in [0.25, 0.3) is 6.08 Å². The van der Waals surface area contributed by atoms with Crippen LogP contribution in [0.15, 0.2) is 86.3 Å². The number of carbonyl (C=O) groups is 1. The van der Waals surface area contributed by atoms with Gasteiger partial charge in [0.2, 0.25) is 0 Å². The molecule has 0 N–H and O–H groups in total. The van der Waals surface area contributed by atoms with Crippen molar-refractivity contribution in [1.29, 1.82) is 0 Å². The van der Waals surface area contributed by atoms with Crippen molar-refractivity contribution in [3.8, 4) is 0 Å². The zero-order valence-corrected chi connectivity index (χ0v) is 22.8. The van der Waals surface area contributed by atoms with Gasteiger partial charge >= 0.3 is 0 Å². The van der Waals surface area contributed by atoms with E-state index in [4.69, 9.17) is 16.7 Å². The maximum Gasteiger partial charge on any atom is 0.276 e. The molecule has 1 aliphatic carbocycles. The van der Waals surface area contributed by atoms with Crippen LogP contribution in [-0.4, -0.2) is 21.6 Å². The SMILES string of the molecule is O=C(c1cc([N+](=O)[O-])ccc1Cl)N1N=C2C(=Cc3ccc(Br)cc3)CCCC2C1c1ccc(Br)cc1. The standard InChI is InChI=1S/C27H20Br2ClN3O3/c28-19-8-4-16(5-9-19)14-18-2-1-3-22-25(18)31-32(26(22)17-6-10-20(29)11-7-17)27(34)23-15-21(33(35)36)12-13-24(23)30/h4-15,22,26H,1-3H2. The Morgan fingerprint density at radius 3 is 2.39 bits per heavy atom. The number of carbonyl (C=O) groups excluding carboxylic acids is 1. The van der Waals surface area contributed by atoms with Gasteiger partial charge in [-0.2, -0.15) is 5.10 Å². The summed E-state index contributed by atoms with van der Waals surface area (Å²) < 4.78 is 1.94. The molecule has 0 saturated heterocycles. The molecule has 1 saturated carbocycles. The number of fused-ring (bicyclic) bond motifs is 1. The summed E-state index contributed by atoms with van der Waals surface area (Å²) in [5.41, 5.74) is 3.85. The van der Waals surface area contributed by atoms with Crippen LogP contribution in [0.2, 0.25) is 5.02 Å². The minimum Gasteiger partial charge on any atom is -0.267 e. The zero-order chi connectivity index (χ0) is 25.4. The summed E-state index contributed by atoms with van der Waals surface area (Å²) in [4.78, 5) is 24.6. The second-order valence-electron chi connectivity index (χ2n) is 8.77. The highest BCUT2D eigenvalue weighted by Gasteiger charge is 2.44.